The van der Waals surface area contributed by atoms with Gasteiger partial charge in [-0.3, -0.25) is 4.79 Å². The fourth-order valence-corrected chi connectivity index (χ4v) is 2.00. The molecule has 3 nitrogen and oxygen atoms in total. The summed E-state index contributed by atoms with van der Waals surface area (Å²) in [7, 11) is 0. The van der Waals surface area contributed by atoms with Gasteiger partial charge in [0.2, 0.25) is 5.91 Å². The Labute approximate surface area is 99.9 Å². The summed E-state index contributed by atoms with van der Waals surface area (Å²) in [6.07, 6.45) is 1.93. The molecule has 17 heavy (non-hydrogen) atoms. The van der Waals surface area contributed by atoms with Gasteiger partial charge < -0.3 is 10.8 Å². The van der Waals surface area contributed by atoms with Gasteiger partial charge in [-0.1, -0.05) is 24.3 Å². The number of benzene rings is 2. The minimum Gasteiger partial charge on any atom is -0.508 e. The van der Waals surface area contributed by atoms with Gasteiger partial charge in [-0.15, -0.1) is 0 Å². The fourth-order valence-electron chi connectivity index (χ4n) is 2.00. The largest absolute Gasteiger partial charge is 0.508 e. The quantitative estimate of drug-likeness (QED) is 0.845. The lowest BCUT2D eigenvalue weighted by Crippen LogP contribution is -2.10. The molecular weight excluding hydrogens is 214 g/mol. The molecule has 0 aliphatic carbocycles. The van der Waals surface area contributed by atoms with Crippen molar-refractivity contribution in [2.75, 3.05) is 0 Å². The molecular formula is C14H15NO2. The molecule has 0 bridgehead atoms. The Bertz CT molecular complexity index is 549. The van der Waals surface area contributed by atoms with E-state index in [2.05, 4.69) is 0 Å². The van der Waals surface area contributed by atoms with Gasteiger partial charge in [0.1, 0.15) is 5.75 Å². The minimum atomic E-state index is -0.270. The minimum absolute atomic E-state index is 0.264. The zero-order chi connectivity index (χ0) is 12.3. The number of hydrogen-bond donors (Lipinski definition) is 2. The summed E-state index contributed by atoms with van der Waals surface area (Å²) in [5, 5.41) is 11.6. The van der Waals surface area contributed by atoms with Crippen LogP contribution in [-0.2, 0) is 11.2 Å². The second-order valence-corrected chi connectivity index (χ2v) is 4.14. The highest BCUT2D eigenvalue weighted by molar-refractivity contribution is 5.87. The molecule has 0 aromatic heterocycles. The Kier molecular flexibility index (Phi) is 3.28. The number of carbonyl (C=O) groups excluding carboxylic acids is 1. The normalized spacial score (nSPS) is 10.6. The van der Waals surface area contributed by atoms with Crippen LogP contribution in [0.5, 0.6) is 5.75 Å². The summed E-state index contributed by atoms with van der Waals surface area (Å²) in [6, 6.07) is 11.3. The monoisotopic (exact) mass is 229 g/mol. The van der Waals surface area contributed by atoms with Crippen molar-refractivity contribution in [1.82, 2.24) is 0 Å². The Balaban J connectivity index is 2.27. The predicted molar refractivity (Wildman–Crippen MR) is 67.7 cm³/mol. The van der Waals surface area contributed by atoms with Crippen molar-refractivity contribution in [3.05, 3.63) is 42.0 Å². The maximum absolute atomic E-state index is 10.7. The van der Waals surface area contributed by atoms with Crippen LogP contribution < -0.4 is 5.73 Å². The molecule has 2 aromatic carbocycles. The number of rotatable bonds is 4. The molecule has 0 saturated heterocycles. The van der Waals surface area contributed by atoms with Crippen molar-refractivity contribution in [2.24, 2.45) is 5.73 Å². The van der Waals surface area contributed by atoms with Crippen LogP contribution in [-0.4, -0.2) is 11.0 Å². The van der Waals surface area contributed by atoms with E-state index in [0.717, 1.165) is 29.2 Å². The van der Waals surface area contributed by atoms with E-state index < -0.39 is 0 Å². The maximum atomic E-state index is 10.7. The summed E-state index contributed by atoms with van der Waals surface area (Å²) in [5.74, 6) is -0.00654. The molecule has 1 amide bonds. The first-order valence-corrected chi connectivity index (χ1v) is 5.66. The number of amides is 1. The molecule has 0 saturated carbocycles. The molecule has 3 N–H and O–H groups in total. The van der Waals surface area contributed by atoms with E-state index in [-0.39, 0.29) is 11.7 Å². The van der Waals surface area contributed by atoms with Gasteiger partial charge in [0, 0.05) is 6.42 Å². The van der Waals surface area contributed by atoms with Crippen molar-refractivity contribution in [1.29, 1.82) is 0 Å². The van der Waals surface area contributed by atoms with Gasteiger partial charge in [-0.2, -0.15) is 0 Å². The predicted octanol–water partition coefficient (Wildman–Crippen LogP) is 2.35. The first-order chi connectivity index (χ1) is 8.16. The molecule has 0 radical (unpaired) electrons. The molecule has 0 heterocycles. The summed E-state index contributed by atoms with van der Waals surface area (Å²) in [5.41, 5.74) is 6.25. The van der Waals surface area contributed by atoms with Crippen molar-refractivity contribution in [2.45, 2.75) is 19.3 Å². The van der Waals surface area contributed by atoms with Crippen LogP contribution in [0.2, 0.25) is 0 Å². The fraction of sp³-hybridized carbons (Fsp3) is 0.214. The third-order valence-electron chi connectivity index (χ3n) is 2.83. The van der Waals surface area contributed by atoms with Gasteiger partial charge in [0.15, 0.2) is 0 Å². The molecule has 0 atom stereocenters. The summed E-state index contributed by atoms with van der Waals surface area (Å²) < 4.78 is 0. The Hall–Kier alpha value is -2.03. The highest BCUT2D eigenvalue weighted by Crippen LogP contribution is 2.24. The Morgan fingerprint density at radius 2 is 2.06 bits per heavy atom. The zero-order valence-electron chi connectivity index (χ0n) is 9.52. The van der Waals surface area contributed by atoms with Gasteiger partial charge in [0.05, 0.1) is 0 Å². The van der Waals surface area contributed by atoms with Crippen LogP contribution in [0.4, 0.5) is 0 Å². The lowest BCUT2D eigenvalue weighted by atomic mass is 10.00. The zero-order valence-corrected chi connectivity index (χ0v) is 9.52. The van der Waals surface area contributed by atoms with Crippen LogP contribution in [0.25, 0.3) is 10.8 Å². The van der Waals surface area contributed by atoms with E-state index >= 15 is 0 Å². The van der Waals surface area contributed by atoms with Crippen molar-refractivity contribution in [3.63, 3.8) is 0 Å². The second-order valence-electron chi connectivity index (χ2n) is 4.14. The Morgan fingerprint density at radius 1 is 1.24 bits per heavy atom. The Morgan fingerprint density at radius 3 is 2.82 bits per heavy atom. The molecule has 3 heteroatoms. The molecule has 0 aliphatic rings. The molecule has 0 spiro atoms. The average molecular weight is 229 g/mol. The summed E-state index contributed by atoms with van der Waals surface area (Å²) >= 11 is 0. The standard InChI is InChI=1S/C14H15NO2/c15-14(17)6-2-5-10-3-1-4-11-7-8-12(16)9-13(10)11/h1,3-4,7-9,16H,2,5-6H2,(H2,15,17). The number of aromatic hydroxyl groups is 1. The number of nitrogens with two attached hydrogens (primary N) is 1. The van der Waals surface area contributed by atoms with Crippen LogP contribution >= 0.6 is 0 Å². The van der Waals surface area contributed by atoms with Crippen LogP contribution in [0.1, 0.15) is 18.4 Å². The SMILES string of the molecule is NC(=O)CCCc1cccc2ccc(O)cc12. The number of carbonyl (C=O) groups is 1. The van der Waals surface area contributed by atoms with Crippen molar-refractivity contribution < 1.29 is 9.90 Å². The second kappa shape index (κ2) is 4.87. The van der Waals surface area contributed by atoms with E-state index in [9.17, 15) is 9.90 Å². The van der Waals surface area contributed by atoms with Crippen LogP contribution in [0.3, 0.4) is 0 Å². The molecule has 88 valence electrons. The summed E-state index contributed by atoms with van der Waals surface area (Å²) in [6.45, 7) is 0. The topological polar surface area (TPSA) is 63.3 Å². The first-order valence-electron chi connectivity index (χ1n) is 5.66. The number of fused-ring (bicyclic) bond motifs is 1. The maximum Gasteiger partial charge on any atom is 0.217 e. The molecule has 0 aliphatic heterocycles. The summed E-state index contributed by atoms with van der Waals surface area (Å²) in [4.78, 5) is 10.7. The van der Waals surface area contributed by atoms with E-state index in [1.54, 1.807) is 12.1 Å². The first kappa shape index (κ1) is 11.5. The van der Waals surface area contributed by atoms with Crippen molar-refractivity contribution >= 4 is 16.7 Å². The van der Waals surface area contributed by atoms with E-state index in [4.69, 9.17) is 5.73 Å². The van der Waals surface area contributed by atoms with Gasteiger partial charge in [-0.05, 0) is 41.3 Å². The van der Waals surface area contributed by atoms with Gasteiger partial charge in [-0.25, -0.2) is 0 Å². The highest BCUT2D eigenvalue weighted by Gasteiger charge is 2.03. The number of phenols is 1. The van der Waals surface area contributed by atoms with Crippen LogP contribution in [0, 0.1) is 0 Å². The number of hydrogen-bond acceptors (Lipinski definition) is 2. The highest BCUT2D eigenvalue weighted by atomic mass is 16.3. The van der Waals surface area contributed by atoms with E-state index in [1.165, 1.54) is 0 Å². The molecule has 0 fully saturated rings. The number of aryl methyl sites for hydroxylation is 1. The van der Waals surface area contributed by atoms with Crippen LogP contribution in [0.15, 0.2) is 36.4 Å². The van der Waals surface area contributed by atoms with Gasteiger partial charge in [0.25, 0.3) is 0 Å². The average Bonchev–Trinajstić information content (AvgIpc) is 2.29. The van der Waals surface area contributed by atoms with E-state index in [1.807, 2.05) is 24.3 Å². The van der Waals surface area contributed by atoms with Crippen molar-refractivity contribution in [3.8, 4) is 5.75 Å². The molecule has 0 unspecified atom stereocenters. The smallest absolute Gasteiger partial charge is 0.217 e. The molecule has 2 rings (SSSR count). The van der Waals surface area contributed by atoms with Gasteiger partial charge >= 0.3 is 0 Å². The lowest BCUT2D eigenvalue weighted by Gasteiger charge is -2.06. The third-order valence-corrected chi connectivity index (χ3v) is 2.83. The molecule has 2 aromatic rings. The third kappa shape index (κ3) is 2.75. The van der Waals surface area contributed by atoms with E-state index in [0.29, 0.717) is 6.42 Å². The lowest BCUT2D eigenvalue weighted by molar-refractivity contribution is -0.118. The number of primary amides is 1. The number of phenolic OH excluding ortho intramolecular Hbond substituents is 1.